The van der Waals surface area contributed by atoms with Gasteiger partial charge in [0.2, 0.25) is 10.0 Å². The van der Waals surface area contributed by atoms with Crippen molar-refractivity contribution in [2.45, 2.75) is 44.3 Å². The van der Waals surface area contributed by atoms with E-state index in [1.165, 1.54) is 6.42 Å². The van der Waals surface area contributed by atoms with Gasteiger partial charge in [0.05, 0.1) is 5.25 Å². The van der Waals surface area contributed by atoms with Gasteiger partial charge in [0, 0.05) is 13.1 Å². The molecule has 0 aromatic carbocycles. The molecule has 0 aromatic heterocycles. The zero-order valence-electron chi connectivity index (χ0n) is 11.6. The van der Waals surface area contributed by atoms with E-state index in [0.717, 1.165) is 57.8 Å². The fraction of sp³-hybridized carbons (Fsp3) is 1.00. The lowest BCUT2D eigenvalue weighted by Crippen LogP contribution is -2.47. The van der Waals surface area contributed by atoms with Crippen LogP contribution in [0.5, 0.6) is 0 Å². The highest BCUT2D eigenvalue weighted by Gasteiger charge is 2.35. The van der Waals surface area contributed by atoms with Crippen molar-refractivity contribution in [1.29, 1.82) is 0 Å². The lowest BCUT2D eigenvalue weighted by molar-refractivity contribution is 0.249. The Kier molecular flexibility index (Phi) is 4.67. The molecule has 2 heterocycles. The van der Waals surface area contributed by atoms with Crippen molar-refractivity contribution in [3.63, 3.8) is 0 Å². The third kappa shape index (κ3) is 3.06. The summed E-state index contributed by atoms with van der Waals surface area (Å²) in [4.78, 5) is 2.22. The van der Waals surface area contributed by atoms with Gasteiger partial charge in [-0.1, -0.05) is 13.3 Å². The fourth-order valence-corrected chi connectivity index (χ4v) is 5.01. The van der Waals surface area contributed by atoms with Crippen LogP contribution in [0.4, 0.5) is 0 Å². The van der Waals surface area contributed by atoms with Crippen LogP contribution in [0.25, 0.3) is 0 Å². The van der Waals surface area contributed by atoms with E-state index in [9.17, 15) is 8.42 Å². The second-order valence-electron chi connectivity index (χ2n) is 5.80. The summed E-state index contributed by atoms with van der Waals surface area (Å²) in [5.41, 5.74) is 0. The molecule has 0 unspecified atom stereocenters. The minimum Gasteiger partial charge on any atom is -0.306 e. The molecule has 2 rings (SSSR count). The summed E-state index contributed by atoms with van der Waals surface area (Å²) in [6, 6.07) is 0. The maximum atomic E-state index is 12.5. The molecule has 0 atom stereocenters. The molecule has 0 saturated carbocycles. The largest absolute Gasteiger partial charge is 0.306 e. The zero-order valence-corrected chi connectivity index (χ0v) is 12.5. The Morgan fingerprint density at radius 3 is 2.06 bits per heavy atom. The van der Waals surface area contributed by atoms with Crippen LogP contribution in [-0.2, 0) is 10.0 Å². The molecule has 2 aliphatic heterocycles. The quantitative estimate of drug-likeness (QED) is 0.784. The van der Waals surface area contributed by atoms with E-state index < -0.39 is 10.0 Å². The van der Waals surface area contributed by atoms with Crippen molar-refractivity contribution in [2.75, 3.05) is 33.2 Å². The normalized spacial score (nSPS) is 26.6. The summed E-state index contributed by atoms with van der Waals surface area (Å²) in [7, 11) is -0.968. The van der Waals surface area contributed by atoms with Gasteiger partial charge in [-0.3, -0.25) is 0 Å². The second kappa shape index (κ2) is 5.88. The summed E-state index contributed by atoms with van der Waals surface area (Å²) < 4.78 is 26.9. The van der Waals surface area contributed by atoms with E-state index in [-0.39, 0.29) is 5.25 Å². The Morgan fingerprint density at radius 1 is 1.00 bits per heavy atom. The molecule has 4 nitrogen and oxygen atoms in total. The van der Waals surface area contributed by atoms with Gasteiger partial charge in [0.1, 0.15) is 0 Å². The van der Waals surface area contributed by atoms with Crippen LogP contribution < -0.4 is 0 Å². The molecule has 0 bridgehead atoms. The van der Waals surface area contributed by atoms with Gasteiger partial charge < -0.3 is 4.90 Å². The third-order valence-corrected chi connectivity index (χ3v) is 7.00. The Balaban J connectivity index is 1.95. The molecule has 2 fully saturated rings. The standard InChI is InChI=1S/C13H26N2O2S/c1-3-12-4-10-15(11-5-12)18(16,17)13-6-8-14(2)9-7-13/h12-13H,3-11H2,1-2H3. The molecule has 2 aliphatic rings. The van der Waals surface area contributed by atoms with E-state index >= 15 is 0 Å². The van der Waals surface area contributed by atoms with Gasteiger partial charge in [-0.05, 0) is 51.7 Å². The lowest BCUT2D eigenvalue weighted by Gasteiger charge is -2.36. The topological polar surface area (TPSA) is 40.6 Å². The summed E-state index contributed by atoms with van der Waals surface area (Å²) in [6.45, 7) is 5.51. The Hall–Kier alpha value is -0.130. The van der Waals surface area contributed by atoms with Crippen molar-refractivity contribution in [3.8, 4) is 0 Å². The van der Waals surface area contributed by atoms with E-state index in [1.54, 1.807) is 4.31 Å². The van der Waals surface area contributed by atoms with Crippen LogP contribution in [0.15, 0.2) is 0 Å². The first-order valence-corrected chi connectivity index (χ1v) is 8.72. The smallest absolute Gasteiger partial charge is 0.217 e. The van der Waals surface area contributed by atoms with Gasteiger partial charge in [0.25, 0.3) is 0 Å². The number of piperidine rings is 2. The van der Waals surface area contributed by atoms with E-state index in [2.05, 4.69) is 18.9 Å². The first kappa shape index (κ1) is 14.3. The Labute approximate surface area is 111 Å². The van der Waals surface area contributed by atoms with Crippen LogP contribution >= 0.6 is 0 Å². The van der Waals surface area contributed by atoms with Crippen LogP contribution in [-0.4, -0.2) is 56.1 Å². The third-order valence-electron chi connectivity index (χ3n) is 4.60. The van der Waals surface area contributed by atoms with Gasteiger partial charge in [-0.25, -0.2) is 12.7 Å². The first-order valence-electron chi connectivity index (χ1n) is 7.21. The highest BCUT2D eigenvalue weighted by atomic mass is 32.2. The van der Waals surface area contributed by atoms with Crippen LogP contribution in [0.2, 0.25) is 0 Å². The number of rotatable bonds is 3. The maximum Gasteiger partial charge on any atom is 0.217 e. The van der Waals surface area contributed by atoms with Gasteiger partial charge >= 0.3 is 0 Å². The number of likely N-dealkylation sites (tertiary alicyclic amines) is 1. The average Bonchev–Trinajstić information content (AvgIpc) is 2.39. The van der Waals surface area contributed by atoms with Crippen LogP contribution in [0, 0.1) is 5.92 Å². The fourth-order valence-electron chi connectivity index (χ4n) is 3.07. The predicted octanol–water partition coefficient (Wildman–Crippen LogP) is 1.53. The van der Waals surface area contributed by atoms with Crippen molar-refractivity contribution < 1.29 is 8.42 Å². The Morgan fingerprint density at radius 2 is 1.56 bits per heavy atom. The van der Waals surface area contributed by atoms with Crippen molar-refractivity contribution in [2.24, 2.45) is 5.92 Å². The minimum atomic E-state index is -3.03. The molecule has 2 saturated heterocycles. The predicted molar refractivity (Wildman–Crippen MR) is 74.0 cm³/mol. The van der Waals surface area contributed by atoms with E-state index in [4.69, 9.17) is 0 Å². The molecule has 106 valence electrons. The van der Waals surface area contributed by atoms with Crippen molar-refractivity contribution in [1.82, 2.24) is 9.21 Å². The molecule has 0 aliphatic carbocycles. The second-order valence-corrected chi connectivity index (χ2v) is 8.01. The summed E-state index contributed by atoms with van der Waals surface area (Å²) in [6.07, 6.45) is 4.87. The van der Waals surface area contributed by atoms with Gasteiger partial charge in [-0.15, -0.1) is 0 Å². The molecule has 0 radical (unpaired) electrons. The molecule has 18 heavy (non-hydrogen) atoms. The molecular weight excluding hydrogens is 248 g/mol. The molecule has 0 spiro atoms. The summed E-state index contributed by atoms with van der Waals surface area (Å²) in [5.74, 6) is 0.730. The summed E-state index contributed by atoms with van der Waals surface area (Å²) in [5, 5.41) is -0.133. The number of sulfonamides is 1. The van der Waals surface area contributed by atoms with Crippen molar-refractivity contribution in [3.05, 3.63) is 0 Å². The zero-order chi connectivity index (χ0) is 13.2. The van der Waals surface area contributed by atoms with Crippen LogP contribution in [0.3, 0.4) is 0 Å². The summed E-state index contributed by atoms with van der Waals surface area (Å²) >= 11 is 0. The molecule has 5 heteroatoms. The SMILES string of the molecule is CCC1CCN(S(=O)(=O)C2CCN(C)CC2)CC1. The van der Waals surface area contributed by atoms with E-state index in [0.29, 0.717) is 0 Å². The number of hydrogen-bond donors (Lipinski definition) is 0. The van der Waals surface area contributed by atoms with Gasteiger partial charge in [0.15, 0.2) is 0 Å². The molecule has 0 aromatic rings. The van der Waals surface area contributed by atoms with Crippen molar-refractivity contribution >= 4 is 10.0 Å². The highest BCUT2D eigenvalue weighted by Crippen LogP contribution is 2.26. The average molecular weight is 274 g/mol. The molecular formula is C13H26N2O2S. The minimum absolute atomic E-state index is 0.133. The highest BCUT2D eigenvalue weighted by molar-refractivity contribution is 7.89. The maximum absolute atomic E-state index is 12.5. The van der Waals surface area contributed by atoms with E-state index in [1.807, 2.05) is 0 Å². The van der Waals surface area contributed by atoms with Crippen LogP contribution in [0.1, 0.15) is 39.0 Å². The Bertz CT molecular complexity index is 353. The van der Waals surface area contributed by atoms with Gasteiger partial charge in [-0.2, -0.15) is 0 Å². The molecule has 0 N–H and O–H groups in total. The first-order chi connectivity index (χ1) is 8.54. The lowest BCUT2D eigenvalue weighted by atomic mass is 9.96. The monoisotopic (exact) mass is 274 g/mol. The number of nitrogens with zero attached hydrogens (tertiary/aromatic N) is 2. The number of hydrogen-bond acceptors (Lipinski definition) is 3. The molecule has 0 amide bonds.